The van der Waals surface area contributed by atoms with E-state index in [2.05, 4.69) is 26.2 Å². The smallest absolute Gasteiger partial charge is 0.258 e. The first-order valence-electron chi connectivity index (χ1n) is 12.2. The minimum Gasteiger partial charge on any atom is -0.393 e. The number of pyridine rings is 1. The first kappa shape index (κ1) is 29.5. The lowest BCUT2D eigenvalue weighted by Crippen LogP contribution is -2.44. The van der Waals surface area contributed by atoms with Gasteiger partial charge in [-0.25, -0.2) is 9.19 Å². The van der Waals surface area contributed by atoms with E-state index in [0.717, 1.165) is 0 Å². The highest BCUT2D eigenvalue weighted by molar-refractivity contribution is 7.99. The van der Waals surface area contributed by atoms with Gasteiger partial charge in [0.2, 0.25) is 5.91 Å². The molecule has 4 rings (SSSR count). The number of rotatable bonds is 8. The quantitative estimate of drug-likeness (QED) is 0.289. The molecule has 40 heavy (non-hydrogen) atoms. The van der Waals surface area contributed by atoms with E-state index < -0.39 is 27.4 Å². The Hall–Kier alpha value is -3.48. The van der Waals surface area contributed by atoms with Crippen LogP contribution in [0.1, 0.15) is 33.6 Å². The molecule has 2 heterocycles. The van der Waals surface area contributed by atoms with E-state index in [1.165, 1.54) is 54.7 Å². The maximum absolute atomic E-state index is 13.1. The molecule has 3 aromatic rings. The molecule has 0 aliphatic carbocycles. The van der Waals surface area contributed by atoms with Gasteiger partial charge in [0.25, 0.3) is 11.8 Å². The number of carbonyl (C=O) groups is 3. The molecule has 4 N–H and O–H groups in total. The molecule has 0 saturated carbocycles. The van der Waals surface area contributed by atoms with Gasteiger partial charge in [0.05, 0.1) is 38.6 Å². The predicted octanol–water partition coefficient (Wildman–Crippen LogP) is 3.46. The molecule has 13 heteroatoms. The number of piperidine rings is 1. The third kappa shape index (κ3) is 7.80. The third-order valence-electron chi connectivity index (χ3n) is 6.14. The van der Waals surface area contributed by atoms with Gasteiger partial charge < -0.3 is 15.7 Å². The number of nitrogens with one attached hydrogen (secondary N) is 3. The molecular formula is C27H27Cl2N5O5S. The number of hydrogen-bond acceptors (Lipinski definition) is 7. The van der Waals surface area contributed by atoms with Gasteiger partial charge in [-0.2, -0.15) is 0 Å². The number of anilines is 2. The lowest BCUT2D eigenvalue weighted by molar-refractivity contribution is -0.121. The molecule has 1 aliphatic rings. The first-order chi connectivity index (χ1) is 19.0. The van der Waals surface area contributed by atoms with E-state index in [4.69, 9.17) is 23.2 Å². The molecule has 0 bridgehead atoms. The van der Waals surface area contributed by atoms with Crippen molar-refractivity contribution in [1.82, 2.24) is 14.6 Å². The molecule has 1 aromatic heterocycles. The van der Waals surface area contributed by atoms with E-state index in [1.807, 2.05) is 4.90 Å². The fourth-order valence-electron chi connectivity index (χ4n) is 4.02. The minimum absolute atomic E-state index is 0.0464. The van der Waals surface area contributed by atoms with Crippen LogP contribution in [0.3, 0.4) is 0 Å². The lowest BCUT2D eigenvalue weighted by atomic mass is 10.1. The standard InChI is InChI=1S/C27H27Cl2N5O5S/c1-40(39,33-25(36)16-34-12-10-20(35)11-13-34)21-6-2-17(3-7-21)26(37)31-23-8-4-18(28)14-22(23)27(38)32-24-9-5-19(29)15-30-24/h2-9,14-15,20,35H,1,10-13,16H2,(H,31,37)(H,30,32,38)(H,33,36,39). The zero-order valence-electron chi connectivity index (χ0n) is 21.2. The van der Waals surface area contributed by atoms with E-state index in [9.17, 15) is 23.7 Å². The number of nitrogens with zero attached hydrogens (tertiary/aromatic N) is 2. The van der Waals surface area contributed by atoms with Crippen LogP contribution in [0.4, 0.5) is 11.5 Å². The normalized spacial score (nSPS) is 15.6. The summed E-state index contributed by atoms with van der Waals surface area (Å²) in [6.07, 6.45) is 2.19. The number of amides is 3. The summed E-state index contributed by atoms with van der Waals surface area (Å²) in [5.41, 5.74) is 0.544. The van der Waals surface area contributed by atoms with Crippen LogP contribution < -0.4 is 15.4 Å². The number of halogens is 2. The second-order valence-electron chi connectivity index (χ2n) is 9.19. The topological polar surface area (TPSA) is 141 Å². The van der Waals surface area contributed by atoms with Gasteiger partial charge in [-0.3, -0.25) is 24.0 Å². The van der Waals surface area contributed by atoms with Crippen molar-refractivity contribution < 1.29 is 23.7 Å². The molecule has 0 radical (unpaired) electrons. The largest absolute Gasteiger partial charge is 0.393 e. The second-order valence-corrected chi connectivity index (χ2v) is 12.1. The number of carbonyl (C=O) groups excluding carboxylic acids is 3. The fraction of sp³-hybridized carbons (Fsp3) is 0.222. The minimum atomic E-state index is -3.17. The molecule has 1 unspecified atom stereocenters. The highest BCUT2D eigenvalue weighted by atomic mass is 35.5. The molecule has 10 nitrogen and oxygen atoms in total. The van der Waals surface area contributed by atoms with Crippen LogP contribution in [-0.4, -0.2) is 68.5 Å². The van der Waals surface area contributed by atoms with Crippen LogP contribution in [0, 0.1) is 0 Å². The van der Waals surface area contributed by atoms with Crippen LogP contribution in [0.25, 0.3) is 0 Å². The average molecular weight is 605 g/mol. The summed E-state index contributed by atoms with van der Waals surface area (Å²) in [5, 5.41) is 15.6. The van der Waals surface area contributed by atoms with Gasteiger partial charge in [-0.05, 0) is 73.3 Å². The molecule has 3 amide bonds. The van der Waals surface area contributed by atoms with Crippen LogP contribution in [-0.2, 0) is 14.5 Å². The SMILES string of the molecule is C=S(=O)(NC(=O)CN1CCC(O)CC1)c1ccc(C(=O)Nc2ccc(Cl)cc2C(=O)Nc2ccc(Cl)cn2)cc1. The van der Waals surface area contributed by atoms with E-state index >= 15 is 0 Å². The number of aliphatic hydroxyl groups is 1. The Bertz CT molecular complexity index is 1510. The summed E-state index contributed by atoms with van der Waals surface area (Å²) in [7, 11) is -3.17. The van der Waals surface area contributed by atoms with Crippen LogP contribution >= 0.6 is 23.2 Å². The monoisotopic (exact) mass is 603 g/mol. The molecule has 1 saturated heterocycles. The van der Waals surface area contributed by atoms with Crippen molar-refractivity contribution in [2.24, 2.45) is 0 Å². The van der Waals surface area contributed by atoms with Gasteiger partial charge in [0.1, 0.15) is 5.82 Å². The van der Waals surface area contributed by atoms with Gasteiger partial charge >= 0.3 is 0 Å². The summed E-state index contributed by atoms with van der Waals surface area (Å²) < 4.78 is 15.6. The fourth-order valence-corrected chi connectivity index (χ4v) is 5.43. The summed E-state index contributed by atoms with van der Waals surface area (Å²) in [6.45, 7) is 1.20. The van der Waals surface area contributed by atoms with Crippen LogP contribution in [0.15, 0.2) is 65.7 Å². The third-order valence-corrected chi connectivity index (χ3v) is 8.19. The zero-order chi connectivity index (χ0) is 28.9. The van der Waals surface area contributed by atoms with Gasteiger partial charge in [0.15, 0.2) is 0 Å². The Labute approximate surface area is 241 Å². The Morgan fingerprint density at radius 3 is 2.30 bits per heavy atom. The first-order valence-corrected chi connectivity index (χ1v) is 14.7. The number of aromatic nitrogens is 1. The van der Waals surface area contributed by atoms with Crippen molar-refractivity contribution in [3.8, 4) is 0 Å². The highest BCUT2D eigenvalue weighted by Crippen LogP contribution is 2.23. The van der Waals surface area contributed by atoms with Crippen molar-refractivity contribution in [1.29, 1.82) is 0 Å². The Morgan fingerprint density at radius 2 is 1.65 bits per heavy atom. The molecule has 1 fully saturated rings. The average Bonchev–Trinajstić information content (AvgIpc) is 2.92. The Kier molecular flexibility index (Phi) is 9.44. The van der Waals surface area contributed by atoms with Crippen LogP contribution in [0.5, 0.6) is 0 Å². The highest BCUT2D eigenvalue weighted by Gasteiger charge is 2.21. The molecule has 0 spiro atoms. The van der Waals surface area contributed by atoms with Gasteiger partial charge in [-0.1, -0.05) is 23.2 Å². The molecule has 2 aromatic carbocycles. The Morgan fingerprint density at radius 1 is 0.975 bits per heavy atom. The van der Waals surface area contributed by atoms with Gasteiger partial charge in [0, 0.05) is 34.8 Å². The molecule has 1 aliphatic heterocycles. The van der Waals surface area contributed by atoms with E-state index in [0.29, 0.717) is 36.0 Å². The van der Waals surface area contributed by atoms with Crippen LogP contribution in [0.2, 0.25) is 10.0 Å². The summed E-state index contributed by atoms with van der Waals surface area (Å²) in [4.78, 5) is 44.5. The maximum Gasteiger partial charge on any atom is 0.258 e. The number of aliphatic hydroxyl groups excluding tert-OH is 1. The zero-order valence-corrected chi connectivity index (χ0v) is 23.6. The summed E-state index contributed by atoms with van der Waals surface area (Å²) >= 11 is 11.9. The van der Waals surface area contributed by atoms with E-state index in [-0.39, 0.29) is 40.2 Å². The van der Waals surface area contributed by atoms with Crippen molar-refractivity contribution >= 4 is 68.0 Å². The molecule has 1 atom stereocenters. The lowest BCUT2D eigenvalue weighted by Gasteiger charge is -2.28. The summed E-state index contributed by atoms with van der Waals surface area (Å²) in [6, 6.07) is 13.3. The second kappa shape index (κ2) is 12.8. The number of benzene rings is 2. The summed E-state index contributed by atoms with van der Waals surface area (Å²) in [5.74, 6) is 2.42. The van der Waals surface area contributed by atoms with Crippen molar-refractivity contribution in [2.45, 2.75) is 23.8 Å². The van der Waals surface area contributed by atoms with E-state index in [1.54, 1.807) is 6.07 Å². The Balaban J connectivity index is 1.41. The van der Waals surface area contributed by atoms with Crippen molar-refractivity contribution in [3.05, 3.63) is 82.0 Å². The van der Waals surface area contributed by atoms with Gasteiger partial charge in [-0.15, -0.1) is 0 Å². The number of hydrogen-bond donors (Lipinski definition) is 4. The number of likely N-dealkylation sites (tertiary alicyclic amines) is 1. The molecular weight excluding hydrogens is 577 g/mol. The molecule has 210 valence electrons. The van der Waals surface area contributed by atoms with Crippen molar-refractivity contribution in [2.75, 3.05) is 30.3 Å². The maximum atomic E-state index is 13.1. The predicted molar refractivity (Wildman–Crippen MR) is 156 cm³/mol. The van der Waals surface area contributed by atoms with Crippen molar-refractivity contribution in [3.63, 3.8) is 0 Å².